The standard InChI is InChI=1S/C11H9N5O/c17-11-10-9(13-7-14-11)6-16(15-10)5-8-2-1-3-12-4-8/h1-4,6-7H,5H2,(H,13,14,17). The van der Waals surface area contributed by atoms with Gasteiger partial charge in [0.05, 0.1) is 19.1 Å². The molecule has 17 heavy (non-hydrogen) atoms. The molecular formula is C11H9N5O. The molecule has 0 aliphatic carbocycles. The Labute approximate surface area is 96.0 Å². The van der Waals surface area contributed by atoms with E-state index in [0.29, 0.717) is 17.6 Å². The summed E-state index contributed by atoms with van der Waals surface area (Å²) in [4.78, 5) is 22.0. The van der Waals surface area contributed by atoms with Gasteiger partial charge in [-0.1, -0.05) is 6.07 Å². The molecule has 0 atom stereocenters. The molecule has 3 aromatic rings. The highest BCUT2D eigenvalue weighted by Gasteiger charge is 2.05. The van der Waals surface area contributed by atoms with Gasteiger partial charge < -0.3 is 4.98 Å². The number of aromatic amines is 1. The Balaban J connectivity index is 2.02. The predicted molar refractivity (Wildman–Crippen MR) is 61.5 cm³/mol. The molecule has 3 rings (SSSR count). The van der Waals surface area contributed by atoms with E-state index in [1.165, 1.54) is 6.33 Å². The zero-order chi connectivity index (χ0) is 11.7. The minimum Gasteiger partial charge on any atom is -0.311 e. The minimum atomic E-state index is -0.222. The van der Waals surface area contributed by atoms with Crippen molar-refractivity contribution in [3.8, 4) is 0 Å². The number of hydrogen-bond donors (Lipinski definition) is 1. The summed E-state index contributed by atoms with van der Waals surface area (Å²) in [7, 11) is 0. The first-order valence-corrected chi connectivity index (χ1v) is 5.13. The third-order valence-corrected chi connectivity index (χ3v) is 2.42. The van der Waals surface area contributed by atoms with Gasteiger partial charge in [0.25, 0.3) is 5.56 Å². The molecule has 0 aliphatic rings. The van der Waals surface area contributed by atoms with Crippen LogP contribution in [0.3, 0.4) is 0 Å². The number of fused-ring (bicyclic) bond motifs is 1. The normalized spacial score (nSPS) is 10.8. The lowest BCUT2D eigenvalue weighted by atomic mass is 10.3. The van der Waals surface area contributed by atoms with E-state index in [2.05, 4.69) is 20.1 Å². The van der Waals surface area contributed by atoms with E-state index in [0.717, 1.165) is 5.56 Å². The molecule has 3 heterocycles. The van der Waals surface area contributed by atoms with Crippen LogP contribution in [-0.4, -0.2) is 24.7 Å². The summed E-state index contributed by atoms with van der Waals surface area (Å²) >= 11 is 0. The van der Waals surface area contributed by atoms with Gasteiger partial charge in [0.2, 0.25) is 0 Å². The number of nitrogens with one attached hydrogen (secondary N) is 1. The highest BCUT2D eigenvalue weighted by molar-refractivity contribution is 5.71. The molecule has 0 aromatic carbocycles. The van der Waals surface area contributed by atoms with Crippen molar-refractivity contribution in [1.29, 1.82) is 0 Å². The number of hydrogen-bond acceptors (Lipinski definition) is 4. The Morgan fingerprint density at radius 1 is 1.41 bits per heavy atom. The topological polar surface area (TPSA) is 76.5 Å². The number of rotatable bonds is 2. The molecule has 0 spiro atoms. The number of H-pyrrole nitrogens is 1. The monoisotopic (exact) mass is 227 g/mol. The van der Waals surface area contributed by atoms with Gasteiger partial charge in [-0.2, -0.15) is 5.10 Å². The largest absolute Gasteiger partial charge is 0.311 e. The zero-order valence-electron chi connectivity index (χ0n) is 8.87. The minimum absolute atomic E-state index is 0.222. The molecule has 0 aliphatic heterocycles. The van der Waals surface area contributed by atoms with E-state index in [-0.39, 0.29) is 5.56 Å². The van der Waals surface area contributed by atoms with Crippen LogP contribution in [0.4, 0.5) is 0 Å². The van der Waals surface area contributed by atoms with Crippen LogP contribution in [0.15, 0.2) is 41.8 Å². The summed E-state index contributed by atoms with van der Waals surface area (Å²) in [6, 6.07) is 3.82. The average Bonchev–Trinajstić information content (AvgIpc) is 2.74. The number of pyridine rings is 1. The summed E-state index contributed by atoms with van der Waals surface area (Å²) in [5.41, 5.74) is 1.76. The average molecular weight is 227 g/mol. The van der Waals surface area contributed by atoms with Gasteiger partial charge in [0, 0.05) is 12.4 Å². The van der Waals surface area contributed by atoms with Crippen LogP contribution in [0.2, 0.25) is 0 Å². The molecule has 84 valence electrons. The fourth-order valence-electron chi connectivity index (χ4n) is 1.66. The van der Waals surface area contributed by atoms with Crippen LogP contribution < -0.4 is 5.56 Å². The first-order valence-electron chi connectivity index (χ1n) is 5.13. The summed E-state index contributed by atoms with van der Waals surface area (Å²) < 4.78 is 1.68. The second-order valence-electron chi connectivity index (χ2n) is 3.65. The second-order valence-corrected chi connectivity index (χ2v) is 3.65. The first kappa shape index (κ1) is 9.71. The van der Waals surface area contributed by atoms with Crippen molar-refractivity contribution >= 4 is 11.0 Å². The van der Waals surface area contributed by atoms with Crippen molar-refractivity contribution in [2.75, 3.05) is 0 Å². The van der Waals surface area contributed by atoms with Gasteiger partial charge in [-0.25, -0.2) is 4.98 Å². The fraction of sp³-hybridized carbons (Fsp3) is 0.0909. The van der Waals surface area contributed by atoms with E-state index in [1.807, 2.05) is 12.1 Å². The molecule has 0 bridgehead atoms. The van der Waals surface area contributed by atoms with Gasteiger partial charge in [-0.3, -0.25) is 14.5 Å². The highest BCUT2D eigenvalue weighted by atomic mass is 16.1. The lowest BCUT2D eigenvalue weighted by Crippen LogP contribution is -2.07. The maximum Gasteiger partial charge on any atom is 0.279 e. The van der Waals surface area contributed by atoms with Gasteiger partial charge in [0.1, 0.15) is 5.52 Å². The van der Waals surface area contributed by atoms with Gasteiger partial charge in [-0.15, -0.1) is 0 Å². The Bertz CT molecular complexity index is 700. The molecule has 6 nitrogen and oxygen atoms in total. The lowest BCUT2D eigenvalue weighted by Gasteiger charge is -1.99. The molecule has 0 saturated heterocycles. The third kappa shape index (κ3) is 1.80. The third-order valence-electron chi connectivity index (χ3n) is 2.42. The van der Waals surface area contributed by atoms with E-state index in [1.54, 1.807) is 23.3 Å². The molecule has 0 saturated carbocycles. The van der Waals surface area contributed by atoms with Crippen molar-refractivity contribution in [3.63, 3.8) is 0 Å². The first-order chi connectivity index (χ1) is 8.33. The van der Waals surface area contributed by atoms with E-state index >= 15 is 0 Å². The molecule has 1 N–H and O–H groups in total. The molecule has 0 unspecified atom stereocenters. The quantitative estimate of drug-likeness (QED) is 0.694. The molecule has 3 aromatic heterocycles. The van der Waals surface area contributed by atoms with Crippen LogP contribution in [0.25, 0.3) is 11.0 Å². The molecule has 0 radical (unpaired) electrons. The van der Waals surface area contributed by atoms with E-state index in [9.17, 15) is 4.79 Å². The smallest absolute Gasteiger partial charge is 0.279 e. The zero-order valence-corrected chi connectivity index (χ0v) is 8.87. The SMILES string of the molecule is O=c1[nH]cnc2cn(Cc3cccnc3)nc12. The Kier molecular flexibility index (Phi) is 2.18. The number of nitrogens with zero attached hydrogens (tertiary/aromatic N) is 4. The van der Waals surface area contributed by atoms with Crippen LogP contribution in [0.5, 0.6) is 0 Å². The van der Waals surface area contributed by atoms with Gasteiger partial charge in [0.15, 0.2) is 5.52 Å². The van der Waals surface area contributed by atoms with Gasteiger partial charge >= 0.3 is 0 Å². The molecule has 0 fully saturated rings. The molecular weight excluding hydrogens is 218 g/mol. The van der Waals surface area contributed by atoms with Gasteiger partial charge in [-0.05, 0) is 11.6 Å². The van der Waals surface area contributed by atoms with Crippen molar-refractivity contribution in [1.82, 2.24) is 24.7 Å². The summed E-state index contributed by atoms with van der Waals surface area (Å²) in [6.07, 6.45) is 6.61. The van der Waals surface area contributed by atoms with Crippen molar-refractivity contribution in [2.24, 2.45) is 0 Å². The molecule has 0 amide bonds. The summed E-state index contributed by atoms with van der Waals surface area (Å²) in [5, 5.41) is 4.19. The van der Waals surface area contributed by atoms with Crippen LogP contribution in [0, 0.1) is 0 Å². The van der Waals surface area contributed by atoms with E-state index < -0.39 is 0 Å². The van der Waals surface area contributed by atoms with Crippen LogP contribution in [0.1, 0.15) is 5.56 Å². The highest BCUT2D eigenvalue weighted by Crippen LogP contribution is 2.05. The van der Waals surface area contributed by atoms with Crippen molar-refractivity contribution < 1.29 is 0 Å². The van der Waals surface area contributed by atoms with Crippen molar-refractivity contribution in [3.05, 3.63) is 53.0 Å². The Morgan fingerprint density at radius 2 is 2.35 bits per heavy atom. The maximum absolute atomic E-state index is 11.5. The lowest BCUT2D eigenvalue weighted by molar-refractivity contribution is 0.692. The fourth-order valence-corrected chi connectivity index (χ4v) is 1.66. The Hall–Kier alpha value is -2.50. The predicted octanol–water partition coefficient (Wildman–Crippen LogP) is 0.563. The second kappa shape index (κ2) is 3.82. The van der Waals surface area contributed by atoms with E-state index in [4.69, 9.17) is 0 Å². The van der Waals surface area contributed by atoms with Crippen LogP contribution in [-0.2, 0) is 6.54 Å². The van der Waals surface area contributed by atoms with Crippen LogP contribution >= 0.6 is 0 Å². The Morgan fingerprint density at radius 3 is 3.12 bits per heavy atom. The summed E-state index contributed by atoms with van der Waals surface area (Å²) in [6.45, 7) is 0.573. The molecule has 6 heteroatoms. The summed E-state index contributed by atoms with van der Waals surface area (Å²) in [5.74, 6) is 0. The maximum atomic E-state index is 11.5. The number of aromatic nitrogens is 5. The van der Waals surface area contributed by atoms with Crippen molar-refractivity contribution in [2.45, 2.75) is 6.54 Å².